The normalized spacial score (nSPS) is 18.5. The number of aliphatic imine (C=N–C) groups is 1. The molecule has 0 saturated carbocycles. The van der Waals surface area contributed by atoms with Gasteiger partial charge in [-0.25, -0.2) is 4.99 Å². The standard InChI is InChI=1S/C14H9BrClNS2/c15-19-14(11-4-2-1-3-5-11)17-13(18-19)10-6-8-12(16)9-7-10/h1-9H. The summed E-state index contributed by atoms with van der Waals surface area (Å²) in [4.78, 5) is 5.85. The maximum atomic E-state index is 5.91. The number of rotatable bonds is 2. The number of nitrogens with zero attached hydrogens (tertiary/aromatic N) is 1. The van der Waals surface area contributed by atoms with Crippen LogP contribution >= 0.6 is 45.2 Å². The highest BCUT2D eigenvalue weighted by molar-refractivity contribution is 9.65. The minimum absolute atomic E-state index is 0.0884. The minimum Gasteiger partial charge on any atom is -0.232 e. The summed E-state index contributed by atoms with van der Waals surface area (Å²) in [5, 5.41) is 1.79. The van der Waals surface area contributed by atoms with E-state index in [1.54, 1.807) is 10.8 Å². The topological polar surface area (TPSA) is 12.4 Å². The first-order chi connectivity index (χ1) is 9.24. The first-order valence-corrected chi connectivity index (χ1v) is 10.4. The average molecular weight is 371 g/mol. The molecule has 1 aliphatic rings. The SMILES string of the molecule is Clc1ccc(C2=NC(c3ccccc3)=S(Br)S2)cc1. The van der Waals surface area contributed by atoms with Crippen LogP contribution in [0.2, 0.25) is 5.02 Å². The van der Waals surface area contributed by atoms with E-state index in [4.69, 9.17) is 16.6 Å². The van der Waals surface area contributed by atoms with E-state index in [0.29, 0.717) is 0 Å². The van der Waals surface area contributed by atoms with Crippen LogP contribution in [0.1, 0.15) is 11.1 Å². The third-order valence-electron chi connectivity index (χ3n) is 2.62. The summed E-state index contributed by atoms with van der Waals surface area (Å²) in [6, 6.07) is 18.1. The van der Waals surface area contributed by atoms with Gasteiger partial charge in [-0.1, -0.05) is 54.1 Å². The third-order valence-corrected chi connectivity index (χ3v) is 7.63. The van der Waals surface area contributed by atoms with Crippen molar-refractivity contribution in [2.24, 2.45) is 4.99 Å². The largest absolute Gasteiger partial charge is 0.232 e. The van der Waals surface area contributed by atoms with E-state index < -0.39 is 0 Å². The van der Waals surface area contributed by atoms with Gasteiger partial charge < -0.3 is 0 Å². The van der Waals surface area contributed by atoms with Crippen molar-refractivity contribution in [2.45, 2.75) is 0 Å². The lowest BCUT2D eigenvalue weighted by molar-refractivity contribution is 1.60. The molecule has 0 N–H and O–H groups in total. The van der Waals surface area contributed by atoms with E-state index in [2.05, 4.69) is 26.9 Å². The van der Waals surface area contributed by atoms with Crippen LogP contribution in [0.25, 0.3) is 0 Å². The fourth-order valence-electron chi connectivity index (χ4n) is 1.70. The van der Waals surface area contributed by atoms with Crippen LogP contribution in [0, 0.1) is 0 Å². The van der Waals surface area contributed by atoms with Gasteiger partial charge in [0, 0.05) is 16.1 Å². The molecule has 0 fully saturated rings. The average Bonchev–Trinajstić information content (AvgIpc) is 2.83. The maximum absolute atomic E-state index is 5.91. The molecule has 5 heteroatoms. The van der Waals surface area contributed by atoms with Gasteiger partial charge in [-0.15, -0.1) is 0 Å². The fraction of sp³-hybridized carbons (Fsp3) is 0. The lowest BCUT2D eigenvalue weighted by Gasteiger charge is -1.99. The summed E-state index contributed by atoms with van der Waals surface area (Å²) < 4.78 is 0. The van der Waals surface area contributed by atoms with Crippen LogP contribution in [0.3, 0.4) is 0 Å². The second-order valence-electron chi connectivity index (χ2n) is 3.90. The molecule has 19 heavy (non-hydrogen) atoms. The van der Waals surface area contributed by atoms with Crippen LogP contribution in [0.15, 0.2) is 59.6 Å². The number of hydrogen-bond donors (Lipinski definition) is 0. The minimum atomic E-state index is -0.0884. The Bertz CT molecular complexity index is 666. The first kappa shape index (κ1) is 13.4. The van der Waals surface area contributed by atoms with Gasteiger partial charge >= 0.3 is 0 Å². The van der Waals surface area contributed by atoms with Crippen LogP contribution in [-0.4, -0.2) is 10.0 Å². The fourth-order valence-corrected chi connectivity index (χ4v) is 6.30. The highest BCUT2D eigenvalue weighted by atomic mass is 79.9. The Morgan fingerprint density at radius 2 is 1.63 bits per heavy atom. The smallest absolute Gasteiger partial charge is 0.116 e. The molecule has 0 saturated heterocycles. The quantitative estimate of drug-likeness (QED) is 0.502. The van der Waals surface area contributed by atoms with Gasteiger partial charge in [0.25, 0.3) is 0 Å². The van der Waals surface area contributed by atoms with Gasteiger partial charge in [-0.2, -0.15) is 0 Å². The predicted octanol–water partition coefficient (Wildman–Crippen LogP) is 5.51. The molecule has 1 unspecified atom stereocenters. The Morgan fingerprint density at radius 1 is 0.947 bits per heavy atom. The molecule has 96 valence electrons. The molecular formula is C14H9BrClNS2. The van der Waals surface area contributed by atoms with Crippen LogP contribution < -0.4 is 0 Å². The van der Waals surface area contributed by atoms with E-state index in [0.717, 1.165) is 20.6 Å². The Balaban J connectivity index is 1.95. The summed E-state index contributed by atoms with van der Waals surface area (Å²) in [5.74, 6) is 0. The van der Waals surface area contributed by atoms with E-state index >= 15 is 0 Å². The Labute approximate surface area is 130 Å². The van der Waals surface area contributed by atoms with Gasteiger partial charge in [0.1, 0.15) is 10.0 Å². The van der Waals surface area contributed by atoms with E-state index in [1.807, 2.05) is 42.5 Å². The summed E-state index contributed by atoms with van der Waals surface area (Å²) in [6.07, 6.45) is 0. The first-order valence-electron chi connectivity index (χ1n) is 5.60. The molecule has 0 aliphatic carbocycles. The molecule has 1 aliphatic heterocycles. The molecular weight excluding hydrogens is 362 g/mol. The molecule has 1 nitrogen and oxygen atoms in total. The summed E-state index contributed by atoms with van der Waals surface area (Å²) in [6.45, 7) is 0. The number of hydrogen-bond acceptors (Lipinski definition) is 2. The van der Waals surface area contributed by atoms with Crippen molar-refractivity contribution in [1.29, 1.82) is 0 Å². The number of benzene rings is 2. The van der Waals surface area contributed by atoms with Crippen molar-refractivity contribution >= 4 is 55.2 Å². The summed E-state index contributed by atoms with van der Waals surface area (Å²) in [7, 11) is 1.65. The van der Waals surface area contributed by atoms with Crippen molar-refractivity contribution < 1.29 is 0 Å². The molecule has 3 rings (SSSR count). The van der Waals surface area contributed by atoms with Gasteiger partial charge in [0.2, 0.25) is 0 Å². The van der Waals surface area contributed by atoms with Crippen molar-refractivity contribution in [3.05, 3.63) is 70.7 Å². The third kappa shape index (κ3) is 2.97. The number of halogens is 2. The van der Waals surface area contributed by atoms with Crippen LogP contribution in [0.4, 0.5) is 0 Å². The molecule has 0 radical (unpaired) electrons. The molecule has 2 aromatic carbocycles. The Hall–Kier alpha value is -0.550. The van der Waals surface area contributed by atoms with Crippen molar-refractivity contribution in [3.8, 4) is 0 Å². The Morgan fingerprint density at radius 3 is 2.32 bits per heavy atom. The van der Waals surface area contributed by atoms with Gasteiger partial charge in [-0.3, -0.25) is 0 Å². The molecule has 1 atom stereocenters. The van der Waals surface area contributed by atoms with E-state index in [-0.39, 0.29) is 7.95 Å². The van der Waals surface area contributed by atoms with Crippen LogP contribution in [0.5, 0.6) is 0 Å². The second-order valence-corrected chi connectivity index (χ2v) is 10.5. The summed E-state index contributed by atoms with van der Waals surface area (Å²) >= 11 is 9.62. The molecule has 0 amide bonds. The van der Waals surface area contributed by atoms with Gasteiger partial charge in [-0.05, 0) is 45.7 Å². The highest BCUT2D eigenvalue weighted by Crippen LogP contribution is 2.47. The van der Waals surface area contributed by atoms with Crippen molar-refractivity contribution in [2.75, 3.05) is 0 Å². The van der Waals surface area contributed by atoms with E-state index in [9.17, 15) is 0 Å². The van der Waals surface area contributed by atoms with Crippen molar-refractivity contribution in [1.82, 2.24) is 0 Å². The van der Waals surface area contributed by atoms with Gasteiger partial charge in [0.15, 0.2) is 0 Å². The molecule has 0 bridgehead atoms. The monoisotopic (exact) mass is 369 g/mol. The zero-order chi connectivity index (χ0) is 13.2. The Kier molecular flexibility index (Phi) is 4.12. The molecule has 1 heterocycles. The van der Waals surface area contributed by atoms with Crippen LogP contribution in [-0.2, 0) is 0 Å². The van der Waals surface area contributed by atoms with Crippen molar-refractivity contribution in [3.63, 3.8) is 0 Å². The zero-order valence-electron chi connectivity index (χ0n) is 9.72. The predicted molar refractivity (Wildman–Crippen MR) is 92.6 cm³/mol. The van der Waals surface area contributed by atoms with E-state index in [1.165, 1.54) is 5.56 Å². The zero-order valence-corrected chi connectivity index (χ0v) is 13.7. The van der Waals surface area contributed by atoms with Gasteiger partial charge in [0.05, 0.1) is 0 Å². The maximum Gasteiger partial charge on any atom is 0.116 e. The molecule has 0 aromatic heterocycles. The highest BCUT2D eigenvalue weighted by Gasteiger charge is 2.18. The summed E-state index contributed by atoms with van der Waals surface area (Å²) in [5.41, 5.74) is 2.27. The molecule has 0 spiro atoms. The second kappa shape index (κ2) is 5.83. The molecule has 2 aromatic rings. The lowest BCUT2D eigenvalue weighted by Crippen LogP contribution is -1.96. The lowest BCUT2D eigenvalue weighted by atomic mass is 10.2.